The van der Waals surface area contributed by atoms with Gasteiger partial charge in [-0.3, -0.25) is 0 Å². The summed E-state index contributed by atoms with van der Waals surface area (Å²) < 4.78 is 9.82. The first kappa shape index (κ1) is 15.0. The Morgan fingerprint density at radius 3 is 2.18 bits per heavy atom. The van der Waals surface area contributed by atoms with Crippen LogP contribution in [0.25, 0.3) is 0 Å². The van der Waals surface area contributed by atoms with Crippen molar-refractivity contribution in [1.29, 1.82) is 0 Å². The number of ether oxygens (including phenoxy) is 2. The van der Waals surface area contributed by atoms with E-state index in [4.69, 9.17) is 9.47 Å². The Kier molecular flexibility index (Phi) is 8.11. The molecule has 0 unspecified atom stereocenters. The number of hydrogen-bond acceptors (Lipinski definition) is 3. The molecule has 0 atom stereocenters. The molecule has 0 N–H and O–H groups in total. The zero-order valence-corrected chi connectivity index (χ0v) is 10.5. The highest BCUT2D eigenvalue weighted by Gasteiger charge is 2.06. The first-order valence-corrected chi connectivity index (χ1v) is 5.28. The molecule has 0 radical (unpaired) electrons. The molecule has 0 aromatic heterocycles. The summed E-state index contributed by atoms with van der Waals surface area (Å²) in [4.78, 5) is 11.3. The maximum absolute atomic E-state index is 11.3. The van der Waals surface area contributed by atoms with Gasteiger partial charge in [0.1, 0.15) is 11.5 Å². The lowest BCUT2D eigenvalue weighted by molar-refractivity contribution is 0.105. The summed E-state index contributed by atoms with van der Waals surface area (Å²) in [6.07, 6.45) is 11.1. The van der Waals surface area contributed by atoms with Crippen LogP contribution in [0.15, 0.2) is 60.6 Å². The fourth-order valence-electron chi connectivity index (χ4n) is 0.849. The Morgan fingerprint density at radius 2 is 1.65 bits per heavy atom. The van der Waals surface area contributed by atoms with Gasteiger partial charge >= 0.3 is 6.16 Å². The van der Waals surface area contributed by atoms with E-state index in [1.807, 2.05) is 26.0 Å². The van der Waals surface area contributed by atoms with Crippen LogP contribution in [0, 0.1) is 0 Å². The van der Waals surface area contributed by atoms with Gasteiger partial charge in [0.2, 0.25) is 0 Å². The largest absolute Gasteiger partial charge is 0.519 e. The summed E-state index contributed by atoms with van der Waals surface area (Å²) in [7, 11) is 0. The van der Waals surface area contributed by atoms with Crippen LogP contribution in [0.4, 0.5) is 4.79 Å². The lowest BCUT2D eigenvalue weighted by Crippen LogP contribution is -2.04. The standard InChI is InChI=1S/C14H18O3/c1-5-8-10-12(4)16-14(15)17-13(7-3)11-9-6-2/h5-11H,3H2,1-2,4H3/b8-5-,9-6-,12-10+,13-11+. The molecule has 0 aliphatic carbocycles. The second kappa shape index (κ2) is 9.21. The molecule has 0 fully saturated rings. The van der Waals surface area contributed by atoms with Gasteiger partial charge in [-0.25, -0.2) is 4.79 Å². The first-order chi connectivity index (χ1) is 8.13. The van der Waals surface area contributed by atoms with E-state index >= 15 is 0 Å². The van der Waals surface area contributed by atoms with Crippen molar-refractivity contribution in [2.75, 3.05) is 0 Å². The SMILES string of the molecule is C=C/C(=C\C=C/C)OC(=O)O/C(C)=C/C=C\C. The number of allylic oxidation sites excluding steroid dienone is 8. The molecule has 0 aliphatic rings. The number of carbonyl (C=O) groups is 1. The fourth-order valence-corrected chi connectivity index (χ4v) is 0.849. The van der Waals surface area contributed by atoms with E-state index < -0.39 is 6.16 Å². The van der Waals surface area contributed by atoms with Crippen molar-refractivity contribution in [3.8, 4) is 0 Å². The van der Waals surface area contributed by atoms with Gasteiger partial charge in [0.15, 0.2) is 0 Å². The Balaban J connectivity index is 4.39. The average Bonchev–Trinajstić information content (AvgIpc) is 2.31. The zero-order chi connectivity index (χ0) is 13.1. The maximum Gasteiger partial charge on any atom is 0.519 e. The molecule has 0 heterocycles. The van der Waals surface area contributed by atoms with Crippen LogP contribution in [0.3, 0.4) is 0 Å². The molecular weight excluding hydrogens is 216 g/mol. The second-order valence-electron chi connectivity index (χ2n) is 3.06. The Morgan fingerprint density at radius 1 is 1.06 bits per heavy atom. The highest BCUT2D eigenvalue weighted by atomic mass is 16.7. The molecule has 17 heavy (non-hydrogen) atoms. The molecule has 0 saturated heterocycles. The smallest absolute Gasteiger partial charge is 0.400 e. The summed E-state index contributed by atoms with van der Waals surface area (Å²) in [6.45, 7) is 8.94. The summed E-state index contributed by atoms with van der Waals surface area (Å²) in [5.74, 6) is 0.800. The molecule has 3 nitrogen and oxygen atoms in total. The molecule has 3 heteroatoms. The van der Waals surface area contributed by atoms with E-state index in [1.54, 1.807) is 31.2 Å². The minimum atomic E-state index is -0.779. The topological polar surface area (TPSA) is 35.5 Å². The van der Waals surface area contributed by atoms with Crippen molar-refractivity contribution in [2.45, 2.75) is 20.8 Å². The molecule has 0 rings (SSSR count). The quantitative estimate of drug-likeness (QED) is 0.405. The summed E-state index contributed by atoms with van der Waals surface area (Å²) in [6, 6.07) is 0. The molecule has 0 bridgehead atoms. The van der Waals surface area contributed by atoms with E-state index in [1.165, 1.54) is 6.08 Å². The summed E-state index contributed by atoms with van der Waals surface area (Å²) >= 11 is 0. The minimum Gasteiger partial charge on any atom is -0.400 e. The average molecular weight is 234 g/mol. The molecule has 0 aromatic rings. The highest BCUT2D eigenvalue weighted by Crippen LogP contribution is 2.05. The lowest BCUT2D eigenvalue weighted by atomic mass is 10.4. The number of carbonyl (C=O) groups excluding carboxylic acids is 1. The third kappa shape index (κ3) is 7.85. The molecule has 0 spiro atoms. The van der Waals surface area contributed by atoms with Crippen LogP contribution >= 0.6 is 0 Å². The first-order valence-electron chi connectivity index (χ1n) is 5.28. The van der Waals surface area contributed by atoms with Crippen LogP contribution in [0.5, 0.6) is 0 Å². The summed E-state index contributed by atoms with van der Waals surface area (Å²) in [5.41, 5.74) is 0. The minimum absolute atomic E-state index is 0.340. The van der Waals surface area contributed by atoms with Crippen molar-refractivity contribution >= 4 is 6.16 Å². The van der Waals surface area contributed by atoms with Gasteiger partial charge in [0.25, 0.3) is 0 Å². The fraction of sp³-hybridized carbons (Fsp3) is 0.214. The second-order valence-corrected chi connectivity index (χ2v) is 3.06. The summed E-state index contributed by atoms with van der Waals surface area (Å²) in [5, 5.41) is 0. The molecular formula is C14H18O3. The van der Waals surface area contributed by atoms with E-state index in [-0.39, 0.29) is 0 Å². The van der Waals surface area contributed by atoms with Gasteiger partial charge in [-0.1, -0.05) is 30.9 Å². The highest BCUT2D eigenvalue weighted by molar-refractivity contribution is 5.63. The molecule has 0 aromatic carbocycles. The predicted molar refractivity (Wildman–Crippen MR) is 69.2 cm³/mol. The van der Waals surface area contributed by atoms with Crippen LogP contribution in [-0.2, 0) is 9.47 Å². The Bertz CT molecular complexity index is 371. The van der Waals surface area contributed by atoms with Gasteiger partial charge in [0.05, 0.1) is 0 Å². The van der Waals surface area contributed by atoms with Gasteiger partial charge in [-0.2, -0.15) is 0 Å². The van der Waals surface area contributed by atoms with Gasteiger partial charge < -0.3 is 9.47 Å². The number of hydrogen-bond donors (Lipinski definition) is 0. The molecule has 0 aliphatic heterocycles. The monoisotopic (exact) mass is 234 g/mol. The normalized spacial score (nSPS) is 13.1. The van der Waals surface area contributed by atoms with Crippen LogP contribution in [-0.4, -0.2) is 6.16 Å². The van der Waals surface area contributed by atoms with Crippen LogP contribution in [0.1, 0.15) is 20.8 Å². The Labute approximate surface area is 102 Å². The Hall–Kier alpha value is -2.03. The van der Waals surface area contributed by atoms with Crippen molar-refractivity contribution < 1.29 is 14.3 Å². The van der Waals surface area contributed by atoms with Crippen molar-refractivity contribution in [2.24, 2.45) is 0 Å². The van der Waals surface area contributed by atoms with E-state index in [0.29, 0.717) is 11.5 Å². The van der Waals surface area contributed by atoms with Crippen molar-refractivity contribution in [3.05, 3.63) is 60.6 Å². The van der Waals surface area contributed by atoms with E-state index in [2.05, 4.69) is 6.58 Å². The van der Waals surface area contributed by atoms with Crippen LogP contribution in [0.2, 0.25) is 0 Å². The third-order valence-corrected chi connectivity index (χ3v) is 1.62. The van der Waals surface area contributed by atoms with Gasteiger partial charge in [-0.15, -0.1) is 0 Å². The number of rotatable bonds is 5. The van der Waals surface area contributed by atoms with Crippen molar-refractivity contribution in [3.63, 3.8) is 0 Å². The molecule has 0 amide bonds. The van der Waals surface area contributed by atoms with E-state index in [0.717, 1.165) is 0 Å². The predicted octanol–water partition coefficient (Wildman–Crippen LogP) is 4.27. The van der Waals surface area contributed by atoms with E-state index in [9.17, 15) is 4.79 Å². The van der Waals surface area contributed by atoms with Crippen molar-refractivity contribution in [1.82, 2.24) is 0 Å². The van der Waals surface area contributed by atoms with Crippen LogP contribution < -0.4 is 0 Å². The molecule has 0 saturated carbocycles. The third-order valence-electron chi connectivity index (χ3n) is 1.62. The maximum atomic E-state index is 11.3. The lowest BCUT2D eigenvalue weighted by Gasteiger charge is -2.05. The zero-order valence-electron chi connectivity index (χ0n) is 10.5. The molecule has 92 valence electrons. The van der Waals surface area contributed by atoms with Gasteiger partial charge in [-0.05, 0) is 39.0 Å². The van der Waals surface area contributed by atoms with Gasteiger partial charge in [0, 0.05) is 0 Å².